The molecule has 2 rings (SSSR count). The normalized spacial score (nSPS) is 19.6. The molecule has 0 aliphatic carbocycles. The van der Waals surface area contributed by atoms with Crippen LogP contribution in [0.5, 0.6) is 5.88 Å². The zero-order chi connectivity index (χ0) is 11.4. The van der Waals surface area contributed by atoms with Crippen molar-refractivity contribution in [3.63, 3.8) is 0 Å². The van der Waals surface area contributed by atoms with Gasteiger partial charge in [0.05, 0.1) is 4.92 Å². The molecule has 1 N–H and O–H groups in total. The molecule has 16 heavy (non-hydrogen) atoms. The van der Waals surface area contributed by atoms with Crippen molar-refractivity contribution in [2.45, 2.75) is 18.9 Å². The van der Waals surface area contributed by atoms with E-state index in [4.69, 9.17) is 4.74 Å². The Morgan fingerprint density at radius 1 is 1.62 bits per heavy atom. The van der Waals surface area contributed by atoms with Gasteiger partial charge in [0.25, 0.3) is 5.69 Å². The molecular formula is C10H13N3O3. The second-order valence-electron chi connectivity index (χ2n) is 3.72. The number of rotatable bonds is 4. The summed E-state index contributed by atoms with van der Waals surface area (Å²) in [5, 5.41) is 13.7. The Labute approximate surface area is 92.8 Å². The molecule has 0 spiro atoms. The first-order chi connectivity index (χ1) is 7.75. The van der Waals surface area contributed by atoms with Crippen LogP contribution in [0.4, 0.5) is 5.69 Å². The van der Waals surface area contributed by atoms with Gasteiger partial charge in [0, 0.05) is 18.2 Å². The molecule has 0 saturated carbocycles. The van der Waals surface area contributed by atoms with Crippen molar-refractivity contribution in [3.8, 4) is 5.88 Å². The first-order valence-electron chi connectivity index (χ1n) is 5.22. The average Bonchev–Trinajstić information content (AvgIpc) is 2.80. The topological polar surface area (TPSA) is 77.3 Å². The van der Waals surface area contributed by atoms with Gasteiger partial charge in [0.15, 0.2) is 0 Å². The number of hydrogen-bond acceptors (Lipinski definition) is 5. The van der Waals surface area contributed by atoms with Crippen molar-refractivity contribution < 1.29 is 9.66 Å². The predicted octanol–water partition coefficient (Wildman–Crippen LogP) is 1.12. The van der Waals surface area contributed by atoms with Gasteiger partial charge in [-0.2, -0.15) is 0 Å². The Balaban J connectivity index is 1.87. The highest BCUT2D eigenvalue weighted by atomic mass is 16.6. The molecule has 6 heteroatoms. The third-order valence-corrected chi connectivity index (χ3v) is 2.53. The Hall–Kier alpha value is -1.69. The summed E-state index contributed by atoms with van der Waals surface area (Å²) < 4.78 is 5.43. The molecule has 2 heterocycles. The number of aromatic nitrogens is 1. The fourth-order valence-electron chi connectivity index (χ4n) is 1.65. The van der Waals surface area contributed by atoms with E-state index in [1.54, 1.807) is 0 Å². The van der Waals surface area contributed by atoms with E-state index in [-0.39, 0.29) is 5.69 Å². The van der Waals surface area contributed by atoms with Crippen LogP contribution in [0.1, 0.15) is 12.8 Å². The fourth-order valence-corrected chi connectivity index (χ4v) is 1.65. The van der Waals surface area contributed by atoms with Crippen molar-refractivity contribution in [3.05, 3.63) is 28.4 Å². The SMILES string of the molecule is O=[N+]([O-])c1ccc(OC[C@@H]2CCCN2)nc1. The van der Waals surface area contributed by atoms with Gasteiger partial charge in [-0.15, -0.1) is 0 Å². The highest BCUT2D eigenvalue weighted by Crippen LogP contribution is 2.14. The molecule has 86 valence electrons. The lowest BCUT2D eigenvalue weighted by molar-refractivity contribution is -0.385. The minimum atomic E-state index is -0.477. The van der Waals surface area contributed by atoms with Crippen LogP contribution >= 0.6 is 0 Å². The second kappa shape index (κ2) is 4.89. The molecule has 1 fully saturated rings. The molecule has 1 aliphatic rings. The highest BCUT2D eigenvalue weighted by Gasteiger charge is 2.14. The molecular weight excluding hydrogens is 210 g/mol. The molecule has 1 aromatic rings. The Kier molecular flexibility index (Phi) is 3.31. The smallest absolute Gasteiger partial charge is 0.287 e. The van der Waals surface area contributed by atoms with Crippen molar-refractivity contribution >= 4 is 5.69 Å². The van der Waals surface area contributed by atoms with Crippen molar-refractivity contribution in [2.24, 2.45) is 0 Å². The maximum Gasteiger partial charge on any atom is 0.287 e. The third kappa shape index (κ3) is 2.66. The number of hydrogen-bond donors (Lipinski definition) is 1. The van der Waals surface area contributed by atoms with E-state index in [0.717, 1.165) is 13.0 Å². The quantitative estimate of drug-likeness (QED) is 0.611. The van der Waals surface area contributed by atoms with E-state index < -0.39 is 4.92 Å². The molecule has 1 aromatic heterocycles. The van der Waals surface area contributed by atoms with Crippen molar-refractivity contribution in [1.82, 2.24) is 10.3 Å². The third-order valence-electron chi connectivity index (χ3n) is 2.53. The Bertz CT molecular complexity index is 360. The van der Waals surface area contributed by atoms with Gasteiger partial charge in [-0.1, -0.05) is 0 Å². The first kappa shape index (κ1) is 10.8. The van der Waals surface area contributed by atoms with Gasteiger partial charge >= 0.3 is 0 Å². The second-order valence-corrected chi connectivity index (χ2v) is 3.72. The molecule has 1 saturated heterocycles. The largest absolute Gasteiger partial charge is 0.476 e. The summed E-state index contributed by atoms with van der Waals surface area (Å²) in [5.41, 5.74) is -0.0219. The lowest BCUT2D eigenvalue weighted by Gasteiger charge is -2.10. The van der Waals surface area contributed by atoms with Crippen molar-refractivity contribution in [1.29, 1.82) is 0 Å². The first-order valence-corrected chi connectivity index (χ1v) is 5.22. The van der Waals surface area contributed by atoms with Crippen LogP contribution in [0.2, 0.25) is 0 Å². The summed E-state index contributed by atoms with van der Waals surface area (Å²) in [6.07, 6.45) is 3.48. The number of nitrogens with zero attached hydrogens (tertiary/aromatic N) is 2. The molecule has 1 aliphatic heterocycles. The minimum absolute atomic E-state index is 0.0219. The van der Waals surface area contributed by atoms with E-state index in [9.17, 15) is 10.1 Å². The minimum Gasteiger partial charge on any atom is -0.476 e. The summed E-state index contributed by atoms with van der Waals surface area (Å²) in [7, 11) is 0. The summed E-state index contributed by atoms with van der Waals surface area (Å²) in [4.78, 5) is 13.8. The molecule has 0 amide bonds. The monoisotopic (exact) mass is 223 g/mol. The van der Waals surface area contributed by atoms with Gasteiger partial charge < -0.3 is 10.1 Å². The van der Waals surface area contributed by atoms with Gasteiger partial charge in [0.2, 0.25) is 5.88 Å². The van der Waals surface area contributed by atoms with E-state index >= 15 is 0 Å². The molecule has 0 bridgehead atoms. The van der Waals surface area contributed by atoms with Gasteiger partial charge in [-0.05, 0) is 19.4 Å². The van der Waals surface area contributed by atoms with Crippen LogP contribution in [0.25, 0.3) is 0 Å². The lowest BCUT2D eigenvalue weighted by Crippen LogP contribution is -2.28. The van der Waals surface area contributed by atoms with E-state index in [0.29, 0.717) is 18.5 Å². The maximum absolute atomic E-state index is 10.4. The lowest BCUT2D eigenvalue weighted by atomic mass is 10.2. The zero-order valence-corrected chi connectivity index (χ0v) is 8.76. The summed E-state index contributed by atoms with van der Waals surface area (Å²) >= 11 is 0. The summed E-state index contributed by atoms with van der Waals surface area (Å²) in [6, 6.07) is 3.29. The number of pyridine rings is 1. The van der Waals surface area contributed by atoms with Gasteiger partial charge in [0.1, 0.15) is 12.8 Å². The zero-order valence-electron chi connectivity index (χ0n) is 8.76. The molecule has 0 radical (unpaired) electrons. The van der Waals surface area contributed by atoms with E-state index in [1.165, 1.54) is 24.8 Å². The van der Waals surface area contributed by atoms with Crippen LogP contribution in [0.15, 0.2) is 18.3 Å². The summed E-state index contributed by atoms with van der Waals surface area (Å²) in [5.74, 6) is 0.430. The van der Waals surface area contributed by atoms with Crippen LogP contribution in [0.3, 0.4) is 0 Å². The molecule has 0 aromatic carbocycles. The van der Waals surface area contributed by atoms with Crippen LogP contribution < -0.4 is 10.1 Å². The van der Waals surface area contributed by atoms with Crippen LogP contribution in [-0.2, 0) is 0 Å². The highest BCUT2D eigenvalue weighted by molar-refractivity contribution is 5.28. The molecule has 6 nitrogen and oxygen atoms in total. The van der Waals surface area contributed by atoms with Crippen molar-refractivity contribution in [2.75, 3.05) is 13.2 Å². The number of nitrogens with one attached hydrogen (secondary N) is 1. The van der Waals surface area contributed by atoms with Crippen LogP contribution in [0, 0.1) is 10.1 Å². The molecule has 0 unspecified atom stereocenters. The van der Waals surface area contributed by atoms with Gasteiger partial charge in [-0.25, -0.2) is 4.98 Å². The maximum atomic E-state index is 10.4. The Morgan fingerprint density at radius 2 is 2.50 bits per heavy atom. The standard InChI is InChI=1S/C10H13N3O3/c14-13(15)9-3-4-10(12-6-9)16-7-8-2-1-5-11-8/h3-4,6,8,11H,1-2,5,7H2/t8-/m0/s1. The number of ether oxygens (including phenoxy) is 1. The van der Waals surface area contributed by atoms with E-state index in [2.05, 4.69) is 10.3 Å². The predicted molar refractivity (Wildman–Crippen MR) is 57.4 cm³/mol. The average molecular weight is 223 g/mol. The fraction of sp³-hybridized carbons (Fsp3) is 0.500. The van der Waals surface area contributed by atoms with E-state index in [1.807, 2.05) is 0 Å². The van der Waals surface area contributed by atoms with Crippen LogP contribution in [-0.4, -0.2) is 29.1 Å². The molecule has 1 atom stereocenters. The number of nitro groups is 1. The Morgan fingerprint density at radius 3 is 3.06 bits per heavy atom. The van der Waals surface area contributed by atoms with Gasteiger partial charge in [-0.3, -0.25) is 10.1 Å². The summed E-state index contributed by atoms with van der Waals surface area (Å²) in [6.45, 7) is 1.59.